The third-order valence-corrected chi connectivity index (χ3v) is 4.85. The van der Waals surface area contributed by atoms with Crippen molar-refractivity contribution in [3.05, 3.63) is 29.8 Å². The van der Waals surface area contributed by atoms with Gasteiger partial charge in [-0.25, -0.2) is 0 Å². The Bertz CT molecular complexity index is 351. The van der Waals surface area contributed by atoms with Crippen LogP contribution in [0.3, 0.4) is 0 Å². The maximum Gasteiger partial charge on any atom is 0.0116 e. The molecule has 1 aliphatic rings. The Kier molecular flexibility index (Phi) is 4.93. The fourth-order valence-corrected chi connectivity index (χ4v) is 3.90. The maximum atomic E-state index is 6.36. The van der Waals surface area contributed by atoms with E-state index in [1.807, 2.05) is 11.8 Å². The van der Waals surface area contributed by atoms with Crippen LogP contribution in [0.5, 0.6) is 0 Å². The Morgan fingerprint density at radius 2 is 2.12 bits per heavy atom. The molecule has 1 aromatic rings. The lowest BCUT2D eigenvalue weighted by Gasteiger charge is -2.19. The van der Waals surface area contributed by atoms with Gasteiger partial charge < -0.3 is 5.73 Å². The highest BCUT2D eigenvalue weighted by molar-refractivity contribution is 7.99. The van der Waals surface area contributed by atoms with Gasteiger partial charge >= 0.3 is 0 Å². The van der Waals surface area contributed by atoms with E-state index < -0.39 is 0 Å². The lowest BCUT2D eigenvalue weighted by Crippen LogP contribution is -2.28. The zero-order valence-corrected chi connectivity index (χ0v) is 11.5. The summed E-state index contributed by atoms with van der Waals surface area (Å²) in [7, 11) is 0. The Balaban J connectivity index is 1.87. The minimum atomic E-state index is 0.350. The predicted molar refractivity (Wildman–Crippen MR) is 76.6 cm³/mol. The zero-order chi connectivity index (χ0) is 12.1. The van der Waals surface area contributed by atoms with Gasteiger partial charge in [-0.1, -0.05) is 50.8 Å². The lowest BCUT2D eigenvalue weighted by atomic mass is 9.90. The van der Waals surface area contributed by atoms with E-state index >= 15 is 0 Å². The van der Waals surface area contributed by atoms with Gasteiger partial charge in [-0.2, -0.15) is 0 Å². The van der Waals surface area contributed by atoms with Crippen molar-refractivity contribution in [3.63, 3.8) is 0 Å². The first-order chi connectivity index (χ1) is 8.33. The number of fused-ring (bicyclic) bond motifs is 1. The van der Waals surface area contributed by atoms with Gasteiger partial charge in [0.05, 0.1) is 0 Å². The van der Waals surface area contributed by atoms with Crippen LogP contribution in [-0.2, 0) is 0 Å². The summed E-state index contributed by atoms with van der Waals surface area (Å²) in [5.74, 6) is 1.76. The second kappa shape index (κ2) is 6.46. The molecule has 1 heterocycles. The van der Waals surface area contributed by atoms with Gasteiger partial charge in [-0.05, 0) is 18.1 Å². The van der Waals surface area contributed by atoms with Gasteiger partial charge in [0.1, 0.15) is 0 Å². The van der Waals surface area contributed by atoms with Gasteiger partial charge in [0.15, 0.2) is 0 Å². The molecule has 0 spiro atoms. The van der Waals surface area contributed by atoms with E-state index in [-0.39, 0.29) is 0 Å². The molecule has 1 aromatic carbocycles. The van der Waals surface area contributed by atoms with Crippen molar-refractivity contribution in [1.29, 1.82) is 0 Å². The van der Waals surface area contributed by atoms with E-state index in [9.17, 15) is 0 Å². The lowest BCUT2D eigenvalue weighted by molar-refractivity contribution is 0.497. The molecule has 0 aromatic heterocycles. The second-order valence-electron chi connectivity index (χ2n) is 4.97. The molecule has 0 aliphatic carbocycles. The van der Waals surface area contributed by atoms with Crippen LogP contribution in [0.1, 0.15) is 50.5 Å². The molecule has 1 aliphatic heterocycles. The van der Waals surface area contributed by atoms with Gasteiger partial charge in [-0.3, -0.25) is 0 Å². The summed E-state index contributed by atoms with van der Waals surface area (Å²) in [4.78, 5) is 1.45. The highest BCUT2D eigenvalue weighted by atomic mass is 32.2. The normalized spacial score (nSPS) is 20.2. The summed E-state index contributed by atoms with van der Waals surface area (Å²) in [6.07, 6.45) is 6.46. The summed E-state index contributed by atoms with van der Waals surface area (Å²) < 4.78 is 0. The molecule has 0 saturated carbocycles. The summed E-state index contributed by atoms with van der Waals surface area (Å²) in [5, 5.41) is 0. The highest BCUT2D eigenvalue weighted by Crippen LogP contribution is 2.41. The average Bonchev–Trinajstić information content (AvgIpc) is 2.78. The van der Waals surface area contributed by atoms with Crippen molar-refractivity contribution >= 4 is 11.8 Å². The topological polar surface area (TPSA) is 26.0 Å². The Morgan fingerprint density at radius 1 is 1.29 bits per heavy atom. The SMILES string of the molecule is CCCCCCC(N)C1CSc2ccccc21. The average molecular weight is 249 g/mol. The Labute approximate surface area is 109 Å². The van der Waals surface area contributed by atoms with Gasteiger partial charge in [-0.15, -0.1) is 11.8 Å². The standard InChI is InChI=1S/C15H23NS/c1-2-3-4-5-9-14(16)13-11-17-15-10-7-6-8-12(13)15/h6-8,10,13-14H,2-5,9,11,16H2,1H3. The Hall–Kier alpha value is -0.470. The predicted octanol–water partition coefficient (Wildman–Crippen LogP) is 4.17. The fourth-order valence-electron chi connectivity index (χ4n) is 2.55. The first kappa shape index (κ1) is 13.0. The Morgan fingerprint density at radius 3 is 2.94 bits per heavy atom. The van der Waals surface area contributed by atoms with Gasteiger partial charge in [0.25, 0.3) is 0 Å². The molecule has 2 atom stereocenters. The van der Waals surface area contributed by atoms with E-state index in [0.717, 1.165) is 0 Å². The largest absolute Gasteiger partial charge is 0.327 e. The molecular formula is C15H23NS. The van der Waals surface area contributed by atoms with Crippen molar-refractivity contribution in [3.8, 4) is 0 Å². The molecule has 0 radical (unpaired) electrons. The summed E-state index contributed by atoms with van der Waals surface area (Å²) in [6.45, 7) is 2.25. The number of hydrogen-bond acceptors (Lipinski definition) is 2. The van der Waals surface area contributed by atoms with E-state index in [2.05, 4.69) is 31.2 Å². The van der Waals surface area contributed by atoms with Crippen LogP contribution in [0.4, 0.5) is 0 Å². The van der Waals surface area contributed by atoms with Crippen molar-refractivity contribution in [2.45, 2.75) is 55.9 Å². The van der Waals surface area contributed by atoms with Crippen LogP contribution in [0, 0.1) is 0 Å². The van der Waals surface area contributed by atoms with Crippen LogP contribution in [0.25, 0.3) is 0 Å². The van der Waals surface area contributed by atoms with E-state index in [1.165, 1.54) is 48.3 Å². The minimum absolute atomic E-state index is 0.350. The fraction of sp³-hybridized carbons (Fsp3) is 0.600. The molecule has 0 fully saturated rings. The van der Waals surface area contributed by atoms with Gasteiger partial charge in [0.2, 0.25) is 0 Å². The molecule has 2 heteroatoms. The number of hydrogen-bond donors (Lipinski definition) is 1. The molecule has 0 saturated heterocycles. The van der Waals surface area contributed by atoms with Crippen LogP contribution < -0.4 is 5.73 Å². The molecule has 2 unspecified atom stereocenters. The van der Waals surface area contributed by atoms with Crippen molar-refractivity contribution < 1.29 is 0 Å². The first-order valence-electron chi connectivity index (χ1n) is 6.80. The summed E-state index contributed by atoms with van der Waals surface area (Å²) in [5.41, 5.74) is 7.85. The molecule has 0 bridgehead atoms. The molecule has 1 nitrogen and oxygen atoms in total. The monoisotopic (exact) mass is 249 g/mol. The van der Waals surface area contributed by atoms with E-state index in [1.54, 1.807) is 0 Å². The third kappa shape index (κ3) is 3.26. The molecule has 17 heavy (non-hydrogen) atoms. The third-order valence-electron chi connectivity index (χ3n) is 3.64. The van der Waals surface area contributed by atoms with Crippen LogP contribution >= 0.6 is 11.8 Å². The van der Waals surface area contributed by atoms with Gasteiger partial charge in [0, 0.05) is 22.6 Å². The van der Waals surface area contributed by atoms with Crippen molar-refractivity contribution in [2.24, 2.45) is 5.73 Å². The molecule has 0 amide bonds. The molecular weight excluding hydrogens is 226 g/mol. The number of thioether (sulfide) groups is 1. The van der Waals surface area contributed by atoms with Crippen molar-refractivity contribution in [1.82, 2.24) is 0 Å². The number of rotatable bonds is 6. The molecule has 2 rings (SSSR count). The number of benzene rings is 1. The smallest absolute Gasteiger partial charge is 0.0116 e. The first-order valence-corrected chi connectivity index (χ1v) is 7.78. The zero-order valence-electron chi connectivity index (χ0n) is 10.7. The maximum absolute atomic E-state index is 6.36. The quantitative estimate of drug-likeness (QED) is 0.766. The van der Waals surface area contributed by atoms with Crippen LogP contribution in [0.2, 0.25) is 0 Å². The highest BCUT2D eigenvalue weighted by Gasteiger charge is 2.27. The number of nitrogens with two attached hydrogens (primary N) is 1. The molecule has 94 valence electrons. The van der Waals surface area contributed by atoms with Crippen LogP contribution in [0.15, 0.2) is 29.2 Å². The summed E-state index contributed by atoms with van der Waals surface area (Å²) >= 11 is 1.97. The second-order valence-corrected chi connectivity index (χ2v) is 6.03. The minimum Gasteiger partial charge on any atom is -0.327 e. The number of unbranched alkanes of at least 4 members (excludes halogenated alkanes) is 3. The molecule has 2 N–H and O–H groups in total. The van der Waals surface area contributed by atoms with Crippen molar-refractivity contribution in [2.75, 3.05) is 5.75 Å². The van der Waals surface area contributed by atoms with Crippen LogP contribution in [-0.4, -0.2) is 11.8 Å². The summed E-state index contributed by atoms with van der Waals surface area (Å²) in [6, 6.07) is 9.10. The van der Waals surface area contributed by atoms with E-state index in [4.69, 9.17) is 5.73 Å². The van der Waals surface area contributed by atoms with E-state index in [0.29, 0.717) is 12.0 Å².